The Morgan fingerprint density at radius 1 is 1.32 bits per heavy atom. The van der Waals surface area contributed by atoms with Crippen molar-refractivity contribution >= 4 is 17.3 Å². The third-order valence-electron chi connectivity index (χ3n) is 2.56. The molecule has 6 nitrogen and oxygen atoms in total. The van der Waals surface area contributed by atoms with Crippen molar-refractivity contribution < 1.29 is 9.53 Å². The summed E-state index contributed by atoms with van der Waals surface area (Å²) in [5.41, 5.74) is 6.72. The summed E-state index contributed by atoms with van der Waals surface area (Å²) in [5.74, 6) is 0.224. The van der Waals surface area contributed by atoms with Gasteiger partial charge < -0.3 is 20.8 Å². The number of nitrogens with two attached hydrogens (primary N) is 1. The van der Waals surface area contributed by atoms with Crippen LogP contribution in [0.25, 0.3) is 0 Å². The number of rotatable bonds is 3. The van der Waals surface area contributed by atoms with Gasteiger partial charge in [-0.3, -0.25) is 9.59 Å². The summed E-state index contributed by atoms with van der Waals surface area (Å²) in [5, 5.41) is 2.65. The Hall–Kier alpha value is -2.76. The van der Waals surface area contributed by atoms with Crippen LogP contribution in [0.4, 0.5) is 11.4 Å². The molecule has 1 heterocycles. The smallest absolute Gasteiger partial charge is 0.257 e. The monoisotopic (exact) mass is 259 g/mol. The summed E-state index contributed by atoms with van der Waals surface area (Å²) in [4.78, 5) is 25.3. The normalized spacial score (nSPS) is 9.95. The fourth-order valence-electron chi connectivity index (χ4n) is 1.52. The molecule has 1 aromatic heterocycles. The molecular weight excluding hydrogens is 246 g/mol. The molecule has 0 fully saturated rings. The number of pyridine rings is 1. The SMILES string of the molecule is COc1ccc(N)c(NC(=O)c2ccc(=O)[nH]c2)c1. The summed E-state index contributed by atoms with van der Waals surface area (Å²) in [6.07, 6.45) is 1.34. The number of carbonyl (C=O) groups excluding carboxylic acids is 1. The molecule has 0 aliphatic carbocycles. The van der Waals surface area contributed by atoms with E-state index in [0.717, 1.165) is 0 Å². The van der Waals surface area contributed by atoms with Crippen molar-refractivity contribution in [2.75, 3.05) is 18.2 Å². The summed E-state index contributed by atoms with van der Waals surface area (Å²) in [7, 11) is 1.53. The molecule has 4 N–H and O–H groups in total. The van der Waals surface area contributed by atoms with Crippen molar-refractivity contribution in [3.8, 4) is 5.75 Å². The summed E-state index contributed by atoms with van der Waals surface area (Å²) in [6, 6.07) is 7.68. The van der Waals surface area contributed by atoms with Gasteiger partial charge in [0.2, 0.25) is 5.56 Å². The maximum absolute atomic E-state index is 11.9. The Kier molecular flexibility index (Phi) is 3.51. The highest BCUT2D eigenvalue weighted by molar-refractivity contribution is 6.05. The van der Waals surface area contributed by atoms with Crippen molar-refractivity contribution in [2.24, 2.45) is 0 Å². The number of benzene rings is 1. The van der Waals surface area contributed by atoms with Gasteiger partial charge in [-0.25, -0.2) is 0 Å². The number of amides is 1. The molecule has 0 saturated carbocycles. The van der Waals surface area contributed by atoms with Gasteiger partial charge in [-0.2, -0.15) is 0 Å². The minimum Gasteiger partial charge on any atom is -0.497 e. The van der Waals surface area contributed by atoms with Gasteiger partial charge in [-0.15, -0.1) is 0 Å². The van der Waals surface area contributed by atoms with Crippen LogP contribution >= 0.6 is 0 Å². The summed E-state index contributed by atoms with van der Waals surface area (Å²) < 4.78 is 5.06. The first-order chi connectivity index (χ1) is 9.10. The number of hydrogen-bond donors (Lipinski definition) is 3. The van der Waals surface area contributed by atoms with Crippen LogP contribution in [-0.2, 0) is 0 Å². The topological polar surface area (TPSA) is 97.2 Å². The van der Waals surface area contributed by atoms with E-state index in [1.165, 1.54) is 25.4 Å². The first kappa shape index (κ1) is 12.7. The Balaban J connectivity index is 2.23. The molecule has 2 aromatic rings. The van der Waals surface area contributed by atoms with E-state index in [2.05, 4.69) is 10.3 Å². The Labute approximate surface area is 109 Å². The largest absolute Gasteiger partial charge is 0.497 e. The number of H-pyrrole nitrogens is 1. The van der Waals surface area contributed by atoms with Gasteiger partial charge in [-0.05, 0) is 18.2 Å². The fraction of sp³-hybridized carbons (Fsp3) is 0.0769. The van der Waals surface area contributed by atoms with E-state index in [0.29, 0.717) is 22.7 Å². The molecule has 1 aromatic carbocycles. The number of ether oxygens (including phenoxy) is 1. The van der Waals surface area contributed by atoms with E-state index in [9.17, 15) is 9.59 Å². The standard InChI is InChI=1S/C13H13N3O3/c1-19-9-3-4-10(14)11(6-9)16-13(18)8-2-5-12(17)15-7-8/h2-7H,14H2,1H3,(H,15,17)(H,16,18). The molecule has 0 unspecified atom stereocenters. The minimum absolute atomic E-state index is 0.266. The highest BCUT2D eigenvalue weighted by Crippen LogP contribution is 2.24. The average Bonchev–Trinajstić information content (AvgIpc) is 2.42. The van der Waals surface area contributed by atoms with Gasteiger partial charge in [0.15, 0.2) is 0 Å². The van der Waals surface area contributed by atoms with Crippen molar-refractivity contribution in [1.29, 1.82) is 0 Å². The van der Waals surface area contributed by atoms with Gasteiger partial charge in [0.1, 0.15) is 5.75 Å². The van der Waals surface area contributed by atoms with Gasteiger partial charge in [0, 0.05) is 18.3 Å². The maximum atomic E-state index is 11.9. The van der Waals surface area contributed by atoms with Gasteiger partial charge in [-0.1, -0.05) is 0 Å². The molecule has 1 amide bonds. The highest BCUT2D eigenvalue weighted by atomic mass is 16.5. The predicted molar refractivity (Wildman–Crippen MR) is 72.4 cm³/mol. The van der Waals surface area contributed by atoms with Gasteiger partial charge in [0.25, 0.3) is 5.91 Å². The van der Waals surface area contributed by atoms with E-state index >= 15 is 0 Å². The van der Waals surface area contributed by atoms with Crippen molar-refractivity contribution in [1.82, 2.24) is 4.98 Å². The molecular formula is C13H13N3O3. The van der Waals surface area contributed by atoms with Crippen LogP contribution < -0.4 is 21.3 Å². The lowest BCUT2D eigenvalue weighted by molar-refractivity contribution is 0.102. The number of nitrogens with one attached hydrogen (secondary N) is 2. The second kappa shape index (κ2) is 5.26. The lowest BCUT2D eigenvalue weighted by Gasteiger charge is -2.09. The third kappa shape index (κ3) is 2.92. The molecule has 0 bridgehead atoms. The Morgan fingerprint density at radius 3 is 2.74 bits per heavy atom. The predicted octanol–water partition coefficient (Wildman–Crippen LogP) is 1.22. The van der Waals surface area contributed by atoms with Crippen LogP contribution in [0.2, 0.25) is 0 Å². The third-order valence-corrected chi connectivity index (χ3v) is 2.56. The Bertz CT molecular complexity index is 644. The van der Waals surface area contributed by atoms with Crippen LogP contribution in [-0.4, -0.2) is 18.0 Å². The quantitative estimate of drug-likeness (QED) is 0.722. The van der Waals surface area contributed by atoms with Crippen LogP contribution in [0.3, 0.4) is 0 Å². The van der Waals surface area contributed by atoms with E-state index < -0.39 is 0 Å². The molecule has 2 rings (SSSR count). The second-order valence-corrected chi connectivity index (χ2v) is 3.85. The first-order valence-electron chi connectivity index (χ1n) is 5.54. The molecule has 98 valence electrons. The summed E-state index contributed by atoms with van der Waals surface area (Å²) >= 11 is 0. The van der Waals surface area contributed by atoms with E-state index in [4.69, 9.17) is 10.5 Å². The molecule has 19 heavy (non-hydrogen) atoms. The molecule has 0 aliphatic rings. The zero-order valence-electron chi connectivity index (χ0n) is 10.3. The van der Waals surface area contributed by atoms with Gasteiger partial charge in [0.05, 0.1) is 24.0 Å². The first-order valence-corrected chi connectivity index (χ1v) is 5.54. The lowest BCUT2D eigenvalue weighted by atomic mass is 10.2. The number of aromatic nitrogens is 1. The van der Waals surface area contributed by atoms with E-state index in [-0.39, 0.29) is 11.5 Å². The fourth-order valence-corrected chi connectivity index (χ4v) is 1.52. The number of methoxy groups -OCH3 is 1. The zero-order chi connectivity index (χ0) is 13.8. The van der Waals surface area contributed by atoms with Crippen molar-refractivity contribution in [3.05, 3.63) is 52.4 Å². The van der Waals surface area contributed by atoms with Crippen LogP contribution in [0.15, 0.2) is 41.3 Å². The molecule has 0 radical (unpaired) electrons. The van der Waals surface area contributed by atoms with Gasteiger partial charge >= 0.3 is 0 Å². The number of aromatic amines is 1. The van der Waals surface area contributed by atoms with E-state index in [1.807, 2.05) is 0 Å². The van der Waals surface area contributed by atoms with Crippen LogP contribution in [0, 0.1) is 0 Å². The number of nitrogen functional groups attached to an aromatic ring is 1. The number of hydrogen-bond acceptors (Lipinski definition) is 4. The van der Waals surface area contributed by atoms with E-state index in [1.54, 1.807) is 18.2 Å². The van der Waals surface area contributed by atoms with Crippen molar-refractivity contribution in [3.63, 3.8) is 0 Å². The minimum atomic E-state index is -0.365. The molecule has 0 spiro atoms. The maximum Gasteiger partial charge on any atom is 0.257 e. The second-order valence-electron chi connectivity index (χ2n) is 3.85. The van der Waals surface area contributed by atoms with Crippen LogP contribution in [0.1, 0.15) is 10.4 Å². The van der Waals surface area contributed by atoms with Crippen LogP contribution in [0.5, 0.6) is 5.75 Å². The summed E-state index contributed by atoms with van der Waals surface area (Å²) in [6.45, 7) is 0. The number of carbonyl (C=O) groups is 1. The highest BCUT2D eigenvalue weighted by Gasteiger charge is 2.09. The molecule has 0 aliphatic heterocycles. The Morgan fingerprint density at radius 2 is 2.11 bits per heavy atom. The average molecular weight is 259 g/mol. The van der Waals surface area contributed by atoms with Crippen molar-refractivity contribution in [2.45, 2.75) is 0 Å². The molecule has 0 atom stereocenters. The molecule has 6 heteroatoms. The zero-order valence-corrected chi connectivity index (χ0v) is 10.3. The molecule has 0 saturated heterocycles. The lowest BCUT2D eigenvalue weighted by Crippen LogP contribution is -2.15. The number of anilines is 2.